The maximum atomic E-state index is 2.81. The van der Waals surface area contributed by atoms with E-state index in [1.54, 1.807) is 18.5 Å². The summed E-state index contributed by atoms with van der Waals surface area (Å²) in [6, 6.07) is 0. The van der Waals surface area contributed by atoms with Crippen LogP contribution in [0.25, 0.3) is 0 Å². The van der Waals surface area contributed by atoms with E-state index in [1.807, 2.05) is 0 Å². The average Bonchev–Trinajstić information content (AvgIpc) is 2.85. The first-order valence-corrected chi connectivity index (χ1v) is 18.9. The van der Waals surface area contributed by atoms with Crippen molar-refractivity contribution in [1.82, 2.24) is 0 Å². The molecule has 0 nitrogen and oxygen atoms in total. The summed E-state index contributed by atoms with van der Waals surface area (Å²) in [4.78, 5) is 0. The maximum Gasteiger partial charge on any atom is -0.0326 e. The smallest absolute Gasteiger partial charge is 0.0326 e. The van der Waals surface area contributed by atoms with E-state index in [-0.39, 0.29) is 24.8 Å². The quantitative estimate of drug-likeness (QED) is 0.0660. The Morgan fingerprint density at radius 2 is 0.556 bits per heavy atom. The van der Waals surface area contributed by atoms with Gasteiger partial charge in [-0.25, -0.2) is 0 Å². The van der Waals surface area contributed by atoms with Crippen LogP contribution in [0.2, 0.25) is 0 Å². The zero-order valence-corrected chi connectivity index (χ0v) is 29.3. The van der Waals surface area contributed by atoms with E-state index < -0.39 is 0 Å². The van der Waals surface area contributed by atoms with Crippen LogP contribution >= 0.6 is 42.0 Å². The molecule has 224 valence electrons. The molecule has 36 heavy (non-hydrogen) atoms. The van der Waals surface area contributed by atoms with Crippen molar-refractivity contribution in [1.29, 1.82) is 0 Å². The molecule has 0 aliphatic rings. The van der Waals surface area contributed by atoms with Gasteiger partial charge in [-0.3, -0.25) is 0 Å². The van der Waals surface area contributed by atoms with Gasteiger partial charge in [0.1, 0.15) is 0 Å². The Kier molecular flexibility index (Phi) is 53.7. The van der Waals surface area contributed by atoms with Crippen molar-refractivity contribution >= 4 is 42.0 Å². The van der Waals surface area contributed by atoms with Crippen LogP contribution in [0.15, 0.2) is 0 Å². The predicted molar refractivity (Wildman–Crippen MR) is 184 cm³/mol. The summed E-state index contributed by atoms with van der Waals surface area (Å²) < 4.78 is 0. The lowest BCUT2D eigenvalue weighted by atomic mass is 10.1. The SMILES string of the molecule is CCCCCCCCCCCCCCP.CCCCCCP(CCCCCC)CCCCCC.Cl.Cl. The van der Waals surface area contributed by atoms with Gasteiger partial charge < -0.3 is 0 Å². The lowest BCUT2D eigenvalue weighted by Crippen LogP contribution is -1.97. The lowest BCUT2D eigenvalue weighted by molar-refractivity contribution is 0.548. The summed E-state index contributed by atoms with van der Waals surface area (Å²) in [5.74, 6) is 0. The van der Waals surface area contributed by atoms with E-state index in [1.165, 1.54) is 160 Å². The molecule has 0 aliphatic heterocycles. The monoisotopic (exact) mass is 588 g/mol. The molecule has 0 saturated heterocycles. The molecule has 0 spiro atoms. The van der Waals surface area contributed by atoms with Gasteiger partial charge in [0.05, 0.1) is 0 Å². The third-order valence-corrected chi connectivity index (χ3v) is 10.3. The van der Waals surface area contributed by atoms with Crippen LogP contribution in [-0.2, 0) is 0 Å². The van der Waals surface area contributed by atoms with Gasteiger partial charge in [-0.15, -0.1) is 42.0 Å². The van der Waals surface area contributed by atoms with Crippen molar-refractivity contribution < 1.29 is 0 Å². The van der Waals surface area contributed by atoms with Gasteiger partial charge in [0, 0.05) is 0 Å². The minimum Gasteiger partial charge on any atom is -0.147 e. The van der Waals surface area contributed by atoms with Crippen molar-refractivity contribution in [2.75, 3.05) is 24.6 Å². The van der Waals surface area contributed by atoms with Gasteiger partial charge in [-0.2, -0.15) is 0 Å². The second kappa shape index (κ2) is 43.5. The number of hydrogen-bond donors (Lipinski definition) is 0. The highest BCUT2D eigenvalue weighted by molar-refractivity contribution is 7.57. The van der Waals surface area contributed by atoms with E-state index in [9.17, 15) is 0 Å². The number of unbranched alkanes of at least 4 members (excludes halogenated alkanes) is 20. The summed E-state index contributed by atoms with van der Waals surface area (Å²) in [5, 5.41) is 0. The topological polar surface area (TPSA) is 0 Å². The highest BCUT2D eigenvalue weighted by Gasteiger charge is 2.07. The molecule has 4 heteroatoms. The van der Waals surface area contributed by atoms with Gasteiger partial charge in [0.25, 0.3) is 0 Å². The Morgan fingerprint density at radius 1 is 0.333 bits per heavy atom. The Labute approximate surface area is 247 Å². The molecule has 0 aromatic heterocycles. The average molecular weight is 590 g/mol. The molecule has 0 bridgehead atoms. The molecular formula is C32H72Cl2P2. The molecule has 0 fully saturated rings. The van der Waals surface area contributed by atoms with E-state index >= 15 is 0 Å². The van der Waals surface area contributed by atoms with Crippen LogP contribution in [0.5, 0.6) is 0 Å². The maximum absolute atomic E-state index is 2.81. The van der Waals surface area contributed by atoms with Gasteiger partial charge in [-0.1, -0.05) is 156 Å². The summed E-state index contributed by atoms with van der Waals surface area (Å²) in [6.45, 7) is 9.24. The summed E-state index contributed by atoms with van der Waals surface area (Å²) in [5.41, 5.74) is 0. The van der Waals surface area contributed by atoms with Crippen LogP contribution in [0.4, 0.5) is 0 Å². The molecule has 0 amide bonds. The number of rotatable bonds is 27. The zero-order valence-electron chi connectivity index (χ0n) is 25.6. The van der Waals surface area contributed by atoms with Crippen LogP contribution in [0.3, 0.4) is 0 Å². The minimum absolute atomic E-state index is 0. The first-order chi connectivity index (χ1) is 16.8. The molecule has 0 N–H and O–H groups in total. The number of hydrogen-bond acceptors (Lipinski definition) is 0. The molecule has 0 aliphatic carbocycles. The fourth-order valence-electron chi connectivity index (χ4n) is 4.61. The molecular weight excluding hydrogens is 517 g/mol. The summed E-state index contributed by atoms with van der Waals surface area (Å²) >= 11 is 0. The van der Waals surface area contributed by atoms with Crippen LogP contribution in [-0.4, -0.2) is 24.6 Å². The van der Waals surface area contributed by atoms with Crippen LogP contribution in [0, 0.1) is 0 Å². The molecule has 1 atom stereocenters. The summed E-state index contributed by atoms with van der Waals surface area (Å²) in [6.07, 6.45) is 41.0. The van der Waals surface area contributed by atoms with Gasteiger partial charge in [-0.05, 0) is 50.3 Å². The molecule has 0 aromatic carbocycles. The zero-order chi connectivity index (χ0) is 25.4. The highest BCUT2D eigenvalue weighted by Crippen LogP contribution is 2.39. The molecule has 0 radical (unpaired) electrons. The van der Waals surface area contributed by atoms with E-state index in [0.29, 0.717) is 7.92 Å². The largest absolute Gasteiger partial charge is 0.147 e. The minimum atomic E-state index is 0. The molecule has 1 unspecified atom stereocenters. The Morgan fingerprint density at radius 3 is 0.806 bits per heavy atom. The first kappa shape index (κ1) is 44.5. The molecule has 0 saturated carbocycles. The predicted octanol–water partition coefficient (Wildman–Crippen LogP) is 13.6. The first-order valence-electron chi connectivity index (χ1n) is 16.2. The van der Waals surface area contributed by atoms with Crippen molar-refractivity contribution in [2.45, 2.75) is 182 Å². The van der Waals surface area contributed by atoms with E-state index in [0.717, 1.165) is 0 Å². The Bertz CT molecular complexity index is 289. The van der Waals surface area contributed by atoms with Gasteiger partial charge in [0.15, 0.2) is 0 Å². The van der Waals surface area contributed by atoms with Gasteiger partial charge in [0.2, 0.25) is 0 Å². The molecule has 0 heterocycles. The fourth-order valence-corrected chi connectivity index (χ4v) is 7.58. The highest BCUT2D eigenvalue weighted by atomic mass is 35.5. The molecule has 0 aromatic rings. The van der Waals surface area contributed by atoms with Crippen molar-refractivity contribution in [3.8, 4) is 0 Å². The van der Waals surface area contributed by atoms with Crippen molar-refractivity contribution in [3.63, 3.8) is 0 Å². The van der Waals surface area contributed by atoms with Gasteiger partial charge >= 0.3 is 0 Å². The van der Waals surface area contributed by atoms with Crippen molar-refractivity contribution in [2.24, 2.45) is 0 Å². The Hall–Kier alpha value is 1.44. The second-order valence-corrected chi connectivity index (χ2v) is 14.0. The van der Waals surface area contributed by atoms with Crippen molar-refractivity contribution in [3.05, 3.63) is 0 Å². The fraction of sp³-hybridized carbons (Fsp3) is 1.00. The summed E-state index contributed by atoms with van der Waals surface area (Å²) in [7, 11) is 3.20. The third kappa shape index (κ3) is 42.5. The third-order valence-electron chi connectivity index (χ3n) is 7.04. The van der Waals surface area contributed by atoms with E-state index in [2.05, 4.69) is 36.9 Å². The van der Waals surface area contributed by atoms with Crippen LogP contribution in [0.1, 0.15) is 182 Å². The Balaban J connectivity index is -0.000000276. The second-order valence-electron chi connectivity index (χ2n) is 10.7. The standard InChI is InChI=1S/C18H39P.C14H31P.2ClH/c1-4-7-10-13-16-19(17-14-11-8-5-2)18-15-12-9-6-3;1-2-3-4-5-6-7-8-9-10-11-12-13-14-15;;/h4-18H2,1-3H3;2-15H2,1H3;2*1H. The normalized spacial score (nSPS) is 10.5. The lowest BCUT2D eigenvalue weighted by Gasteiger charge is -2.17. The van der Waals surface area contributed by atoms with E-state index in [4.69, 9.17) is 0 Å². The molecule has 0 rings (SSSR count). The van der Waals surface area contributed by atoms with Crippen LogP contribution < -0.4 is 0 Å². The number of halogens is 2.